The standard InChI is InChI=1S/C9H12N2S.ClH/c1-7(10)11-8-4-3-5-9(6-8)12-2;/h3-6H,1-2H3,(H2,10,11);1H. The molecule has 0 unspecified atom stereocenters. The molecule has 0 radical (unpaired) electrons. The first kappa shape index (κ1) is 12.3. The minimum Gasteiger partial charge on any atom is -1.00 e. The molecule has 0 aliphatic heterocycles. The van der Waals surface area contributed by atoms with E-state index >= 15 is 0 Å². The van der Waals surface area contributed by atoms with Crippen molar-refractivity contribution >= 4 is 23.3 Å². The summed E-state index contributed by atoms with van der Waals surface area (Å²) in [5.74, 6) is 0.716. The van der Waals surface area contributed by atoms with Crippen molar-refractivity contribution in [2.45, 2.75) is 11.8 Å². The molecule has 0 heterocycles. The lowest BCUT2D eigenvalue weighted by atomic mass is 10.3. The average Bonchev–Trinajstić information content (AvgIpc) is 2.03. The highest BCUT2D eigenvalue weighted by Gasteiger charge is 1.94. The minimum absolute atomic E-state index is 0. The Kier molecular flexibility index (Phi) is 5.58. The molecule has 0 saturated heterocycles. The molecule has 0 spiro atoms. The maximum Gasteiger partial charge on any atom is 0.242 e. The van der Waals surface area contributed by atoms with Gasteiger partial charge in [-0.15, -0.1) is 11.8 Å². The molecular weight excluding hydrogens is 204 g/mol. The van der Waals surface area contributed by atoms with Gasteiger partial charge in [0.2, 0.25) is 5.84 Å². The fraction of sp³-hybridized carbons (Fsp3) is 0.222. The molecule has 13 heavy (non-hydrogen) atoms. The maximum atomic E-state index is 5.51. The van der Waals surface area contributed by atoms with Gasteiger partial charge in [-0.3, -0.25) is 5.73 Å². The number of hydrogen-bond acceptors (Lipinski definition) is 1. The number of thioether (sulfide) groups is 1. The Morgan fingerprint density at radius 2 is 2.15 bits per heavy atom. The molecular formula is C9H13ClN2S. The van der Waals surface area contributed by atoms with Gasteiger partial charge in [0.1, 0.15) is 5.69 Å². The van der Waals surface area contributed by atoms with Crippen LogP contribution < -0.4 is 23.1 Å². The third-order valence-electron chi connectivity index (χ3n) is 1.41. The third kappa shape index (κ3) is 4.20. The van der Waals surface area contributed by atoms with Gasteiger partial charge in [0, 0.05) is 11.8 Å². The first-order valence-electron chi connectivity index (χ1n) is 3.72. The van der Waals surface area contributed by atoms with E-state index in [1.807, 2.05) is 19.1 Å². The lowest BCUT2D eigenvalue weighted by molar-refractivity contribution is -0.355. The van der Waals surface area contributed by atoms with Crippen molar-refractivity contribution in [1.82, 2.24) is 0 Å². The van der Waals surface area contributed by atoms with E-state index in [4.69, 9.17) is 5.73 Å². The van der Waals surface area contributed by atoms with Gasteiger partial charge < -0.3 is 12.4 Å². The highest BCUT2D eigenvalue weighted by Crippen LogP contribution is 2.15. The Morgan fingerprint density at radius 1 is 1.46 bits per heavy atom. The highest BCUT2D eigenvalue weighted by atomic mass is 35.5. The van der Waals surface area contributed by atoms with Crippen molar-refractivity contribution in [3.05, 3.63) is 24.3 Å². The molecule has 1 aromatic carbocycles. The SMILES string of the molecule is CSc1cccc([NH+]=C(C)N)c1.[Cl-]. The number of amidine groups is 1. The van der Waals surface area contributed by atoms with E-state index in [2.05, 4.69) is 23.4 Å². The Bertz CT molecular complexity index is 295. The Balaban J connectivity index is 0.00000144. The van der Waals surface area contributed by atoms with Crippen molar-refractivity contribution < 1.29 is 17.4 Å². The molecule has 0 amide bonds. The summed E-state index contributed by atoms with van der Waals surface area (Å²) < 4.78 is 0. The molecule has 0 fully saturated rings. The fourth-order valence-electron chi connectivity index (χ4n) is 0.928. The van der Waals surface area contributed by atoms with Gasteiger partial charge >= 0.3 is 0 Å². The van der Waals surface area contributed by atoms with E-state index in [1.54, 1.807) is 11.8 Å². The van der Waals surface area contributed by atoms with Gasteiger partial charge in [0.25, 0.3) is 0 Å². The molecule has 4 heteroatoms. The van der Waals surface area contributed by atoms with Crippen molar-refractivity contribution in [3.63, 3.8) is 0 Å². The average molecular weight is 217 g/mol. The summed E-state index contributed by atoms with van der Waals surface area (Å²) in [6.45, 7) is 1.84. The van der Waals surface area contributed by atoms with Crippen LogP contribution >= 0.6 is 11.8 Å². The lowest BCUT2D eigenvalue weighted by Crippen LogP contribution is -3.00. The predicted molar refractivity (Wildman–Crippen MR) is 53.7 cm³/mol. The van der Waals surface area contributed by atoms with Crippen molar-refractivity contribution in [1.29, 1.82) is 0 Å². The van der Waals surface area contributed by atoms with Crippen LogP contribution in [0.15, 0.2) is 29.2 Å². The molecule has 0 aliphatic carbocycles. The molecule has 0 saturated carbocycles. The Morgan fingerprint density at radius 3 is 2.69 bits per heavy atom. The number of benzene rings is 1. The zero-order valence-corrected chi connectivity index (χ0v) is 9.25. The van der Waals surface area contributed by atoms with E-state index in [9.17, 15) is 0 Å². The number of rotatable bonds is 2. The predicted octanol–water partition coefficient (Wildman–Crippen LogP) is -2.50. The van der Waals surface area contributed by atoms with Crippen LogP contribution in [0, 0.1) is 0 Å². The second-order valence-corrected chi connectivity index (χ2v) is 3.42. The topological polar surface area (TPSA) is 40.0 Å². The molecule has 0 atom stereocenters. The van der Waals surface area contributed by atoms with Crippen molar-refractivity contribution in [2.24, 2.45) is 5.73 Å². The van der Waals surface area contributed by atoms with Crippen LogP contribution in [0.4, 0.5) is 5.69 Å². The van der Waals surface area contributed by atoms with Crippen LogP contribution in [0.1, 0.15) is 6.92 Å². The summed E-state index contributed by atoms with van der Waals surface area (Å²) in [5.41, 5.74) is 6.56. The van der Waals surface area contributed by atoms with Crippen LogP contribution in [0.5, 0.6) is 0 Å². The van der Waals surface area contributed by atoms with Gasteiger partial charge in [0.15, 0.2) is 0 Å². The minimum atomic E-state index is 0. The highest BCUT2D eigenvalue weighted by molar-refractivity contribution is 7.98. The molecule has 72 valence electrons. The summed E-state index contributed by atoms with van der Waals surface area (Å²) in [4.78, 5) is 4.30. The smallest absolute Gasteiger partial charge is 0.242 e. The van der Waals surface area contributed by atoms with Gasteiger partial charge in [-0.05, 0) is 24.5 Å². The third-order valence-corrected chi connectivity index (χ3v) is 2.14. The molecule has 0 aromatic heterocycles. The zero-order chi connectivity index (χ0) is 8.97. The second kappa shape index (κ2) is 5.89. The molecule has 1 rings (SSSR count). The molecule has 0 aliphatic rings. The Hall–Kier alpha value is -0.670. The maximum absolute atomic E-state index is 5.51. The van der Waals surface area contributed by atoms with Gasteiger partial charge in [-0.1, -0.05) is 6.07 Å². The van der Waals surface area contributed by atoms with E-state index < -0.39 is 0 Å². The van der Waals surface area contributed by atoms with Gasteiger partial charge in [0.05, 0.1) is 0 Å². The summed E-state index contributed by atoms with van der Waals surface area (Å²) in [5, 5.41) is 0. The van der Waals surface area contributed by atoms with Crippen LogP contribution in [0.2, 0.25) is 0 Å². The molecule has 3 N–H and O–H groups in total. The largest absolute Gasteiger partial charge is 1.00 e. The zero-order valence-electron chi connectivity index (χ0n) is 7.67. The lowest BCUT2D eigenvalue weighted by Gasteiger charge is -1.95. The number of nitrogens with one attached hydrogen (secondary N) is 1. The number of halogens is 1. The number of nitrogens with two attached hydrogens (primary N) is 1. The normalized spacial score (nSPS) is 10.8. The molecule has 0 bridgehead atoms. The summed E-state index contributed by atoms with van der Waals surface area (Å²) >= 11 is 1.72. The van der Waals surface area contributed by atoms with Crippen LogP contribution in [-0.2, 0) is 0 Å². The second-order valence-electron chi connectivity index (χ2n) is 2.54. The summed E-state index contributed by atoms with van der Waals surface area (Å²) in [6.07, 6.45) is 2.05. The van der Waals surface area contributed by atoms with Crippen LogP contribution in [0.3, 0.4) is 0 Å². The van der Waals surface area contributed by atoms with Gasteiger partial charge in [-0.25, -0.2) is 4.99 Å². The monoisotopic (exact) mass is 216 g/mol. The van der Waals surface area contributed by atoms with Crippen LogP contribution in [-0.4, -0.2) is 12.1 Å². The van der Waals surface area contributed by atoms with E-state index in [0.717, 1.165) is 5.69 Å². The van der Waals surface area contributed by atoms with E-state index in [-0.39, 0.29) is 12.4 Å². The first-order chi connectivity index (χ1) is 5.72. The molecule has 2 nitrogen and oxygen atoms in total. The van der Waals surface area contributed by atoms with Crippen molar-refractivity contribution in [3.8, 4) is 0 Å². The van der Waals surface area contributed by atoms with Gasteiger partial charge in [-0.2, -0.15) is 0 Å². The van der Waals surface area contributed by atoms with Crippen LogP contribution in [0.25, 0.3) is 0 Å². The first-order valence-corrected chi connectivity index (χ1v) is 4.95. The number of hydrogen-bond donors (Lipinski definition) is 2. The van der Waals surface area contributed by atoms with E-state index in [1.165, 1.54) is 4.90 Å². The fourth-order valence-corrected chi connectivity index (χ4v) is 1.39. The summed E-state index contributed by atoms with van der Waals surface area (Å²) in [6, 6.07) is 8.15. The quantitative estimate of drug-likeness (QED) is 0.326. The van der Waals surface area contributed by atoms with Crippen molar-refractivity contribution in [2.75, 3.05) is 6.26 Å². The van der Waals surface area contributed by atoms with E-state index in [0.29, 0.717) is 5.84 Å². The summed E-state index contributed by atoms with van der Waals surface area (Å²) in [7, 11) is 0. The Labute approximate surface area is 89.0 Å². The molecule has 1 aromatic rings.